The minimum Gasteiger partial charge on any atom is -0.490 e. The Bertz CT molecular complexity index is 1290. The summed E-state index contributed by atoms with van der Waals surface area (Å²) in [5.74, 6) is 0.661. The van der Waals surface area contributed by atoms with Crippen molar-refractivity contribution in [3.8, 4) is 11.5 Å². The van der Waals surface area contributed by atoms with Gasteiger partial charge in [-0.2, -0.15) is 0 Å². The molecule has 3 aromatic carbocycles. The lowest BCUT2D eigenvalue weighted by molar-refractivity contribution is -0.123. The van der Waals surface area contributed by atoms with Gasteiger partial charge in [0, 0.05) is 26.2 Å². The molecule has 180 valence electrons. The zero-order chi connectivity index (χ0) is 24.9. The molecule has 0 aromatic heterocycles. The number of amides is 2. The van der Waals surface area contributed by atoms with Crippen LogP contribution in [0.15, 0.2) is 65.6 Å². The molecule has 0 unspecified atom stereocenters. The van der Waals surface area contributed by atoms with E-state index in [1.807, 2.05) is 25.1 Å². The number of carbonyl (C=O) groups is 2. The third kappa shape index (κ3) is 5.96. The van der Waals surface area contributed by atoms with E-state index in [1.54, 1.807) is 48.5 Å². The molecule has 0 atom stereocenters. The van der Waals surface area contributed by atoms with E-state index in [-0.39, 0.29) is 18.4 Å². The summed E-state index contributed by atoms with van der Waals surface area (Å²) in [6, 6.07) is 17.8. The van der Waals surface area contributed by atoms with E-state index < -0.39 is 5.91 Å². The summed E-state index contributed by atoms with van der Waals surface area (Å²) < 4.78 is 11.7. The summed E-state index contributed by atoms with van der Waals surface area (Å²) in [7, 11) is 0. The van der Waals surface area contributed by atoms with Crippen molar-refractivity contribution in [2.45, 2.75) is 20.1 Å². The first-order valence-electron chi connectivity index (χ1n) is 10.7. The SMILES string of the molecule is CCOc1cc(/C=C2/SC(=O)N(Cc3c(Cl)cccc3Cl)C2=O)ccc1OCc1ccccc1Cl. The van der Waals surface area contributed by atoms with Crippen molar-refractivity contribution >= 4 is 63.8 Å². The van der Waals surface area contributed by atoms with Gasteiger partial charge in [-0.3, -0.25) is 14.5 Å². The van der Waals surface area contributed by atoms with Crippen LogP contribution in [-0.4, -0.2) is 22.7 Å². The number of nitrogens with zero attached hydrogens (tertiary/aromatic N) is 1. The molecule has 0 radical (unpaired) electrons. The molecule has 0 N–H and O–H groups in total. The van der Waals surface area contributed by atoms with Crippen LogP contribution in [0, 0.1) is 0 Å². The lowest BCUT2D eigenvalue weighted by Gasteiger charge is -2.15. The van der Waals surface area contributed by atoms with Gasteiger partial charge >= 0.3 is 0 Å². The largest absolute Gasteiger partial charge is 0.490 e. The van der Waals surface area contributed by atoms with E-state index in [0.29, 0.717) is 49.2 Å². The molecular formula is C26H20Cl3NO4S. The summed E-state index contributed by atoms with van der Waals surface area (Å²) in [5.41, 5.74) is 2.07. The number of hydrogen-bond donors (Lipinski definition) is 0. The normalized spacial score (nSPS) is 14.6. The van der Waals surface area contributed by atoms with Crippen molar-refractivity contribution in [3.63, 3.8) is 0 Å². The van der Waals surface area contributed by atoms with E-state index in [9.17, 15) is 9.59 Å². The smallest absolute Gasteiger partial charge is 0.293 e. The minimum atomic E-state index is -0.409. The number of rotatable bonds is 8. The summed E-state index contributed by atoms with van der Waals surface area (Å²) >= 11 is 19.5. The molecule has 0 saturated carbocycles. The molecule has 5 nitrogen and oxygen atoms in total. The number of ether oxygens (including phenoxy) is 2. The Hall–Kier alpha value is -2.64. The highest BCUT2D eigenvalue weighted by molar-refractivity contribution is 8.18. The molecule has 3 aromatic rings. The molecule has 1 saturated heterocycles. The Morgan fingerprint density at radius 3 is 2.31 bits per heavy atom. The molecule has 1 aliphatic rings. The van der Waals surface area contributed by atoms with Gasteiger partial charge in [0.05, 0.1) is 18.1 Å². The molecule has 35 heavy (non-hydrogen) atoms. The molecule has 4 rings (SSSR count). The fraction of sp³-hybridized carbons (Fsp3) is 0.154. The van der Waals surface area contributed by atoms with Crippen LogP contribution in [0.2, 0.25) is 15.1 Å². The molecular weight excluding hydrogens is 529 g/mol. The van der Waals surface area contributed by atoms with Gasteiger partial charge in [0.25, 0.3) is 11.1 Å². The third-order valence-electron chi connectivity index (χ3n) is 5.16. The number of halogens is 3. The fourth-order valence-corrected chi connectivity index (χ4v) is 4.95. The maximum absolute atomic E-state index is 13.0. The van der Waals surface area contributed by atoms with Crippen LogP contribution in [0.4, 0.5) is 4.79 Å². The van der Waals surface area contributed by atoms with Gasteiger partial charge in [0.1, 0.15) is 6.61 Å². The summed E-state index contributed by atoms with van der Waals surface area (Å²) in [5, 5.41) is 1.03. The Morgan fingerprint density at radius 2 is 1.60 bits per heavy atom. The van der Waals surface area contributed by atoms with Gasteiger partial charge in [-0.15, -0.1) is 0 Å². The molecule has 9 heteroatoms. The third-order valence-corrected chi connectivity index (χ3v) is 7.14. The van der Waals surface area contributed by atoms with Crippen molar-refractivity contribution in [3.05, 3.63) is 97.3 Å². The van der Waals surface area contributed by atoms with Gasteiger partial charge in [0.2, 0.25) is 0 Å². The van der Waals surface area contributed by atoms with Crippen molar-refractivity contribution in [2.24, 2.45) is 0 Å². The van der Waals surface area contributed by atoms with E-state index in [2.05, 4.69) is 0 Å². The zero-order valence-electron chi connectivity index (χ0n) is 18.6. The number of hydrogen-bond acceptors (Lipinski definition) is 5. The van der Waals surface area contributed by atoms with E-state index >= 15 is 0 Å². The standard InChI is InChI=1S/C26H20Cl3NO4S/c1-2-33-23-12-16(10-11-22(23)34-15-17-6-3-4-7-19(17)27)13-24-25(31)30(26(32)35-24)14-18-20(28)8-5-9-21(18)29/h3-13H,2,14-15H2,1H3/b24-13+. The number of carbonyl (C=O) groups excluding carboxylic acids is 2. The first kappa shape index (κ1) is 25.5. The Kier molecular flexibility index (Phi) is 8.29. The second kappa shape index (κ2) is 11.4. The van der Waals surface area contributed by atoms with Crippen LogP contribution in [-0.2, 0) is 17.9 Å². The number of benzene rings is 3. The van der Waals surface area contributed by atoms with Crippen molar-refractivity contribution in [1.82, 2.24) is 4.90 Å². The molecule has 0 bridgehead atoms. The highest BCUT2D eigenvalue weighted by Crippen LogP contribution is 2.37. The number of thioether (sulfide) groups is 1. The van der Waals surface area contributed by atoms with Crippen LogP contribution < -0.4 is 9.47 Å². The summed E-state index contributed by atoms with van der Waals surface area (Å²) in [6.07, 6.45) is 1.65. The van der Waals surface area contributed by atoms with Crippen molar-refractivity contribution in [2.75, 3.05) is 6.61 Å². The van der Waals surface area contributed by atoms with Gasteiger partial charge in [-0.05, 0) is 60.7 Å². The minimum absolute atomic E-state index is 0.000464. The molecule has 1 heterocycles. The van der Waals surface area contributed by atoms with Crippen LogP contribution in [0.1, 0.15) is 23.6 Å². The Balaban J connectivity index is 1.53. The Labute approximate surface area is 222 Å². The predicted molar refractivity (Wildman–Crippen MR) is 141 cm³/mol. The first-order valence-corrected chi connectivity index (χ1v) is 12.6. The van der Waals surface area contributed by atoms with E-state index in [1.165, 1.54) is 0 Å². The van der Waals surface area contributed by atoms with Gasteiger partial charge in [0.15, 0.2) is 11.5 Å². The average Bonchev–Trinajstić information content (AvgIpc) is 3.09. The predicted octanol–water partition coefficient (Wildman–Crippen LogP) is 7.86. The number of imide groups is 1. The molecule has 1 aliphatic heterocycles. The molecule has 2 amide bonds. The van der Waals surface area contributed by atoms with Crippen LogP contribution >= 0.6 is 46.6 Å². The molecule has 1 fully saturated rings. The topological polar surface area (TPSA) is 55.8 Å². The van der Waals surface area contributed by atoms with Crippen LogP contribution in [0.5, 0.6) is 11.5 Å². The van der Waals surface area contributed by atoms with Gasteiger partial charge < -0.3 is 9.47 Å². The van der Waals surface area contributed by atoms with Crippen LogP contribution in [0.25, 0.3) is 6.08 Å². The highest BCUT2D eigenvalue weighted by atomic mass is 35.5. The van der Waals surface area contributed by atoms with Crippen LogP contribution in [0.3, 0.4) is 0 Å². The summed E-state index contributed by atoms with van der Waals surface area (Å²) in [6.45, 7) is 2.58. The fourth-order valence-electron chi connectivity index (χ4n) is 3.40. The quantitative estimate of drug-likeness (QED) is 0.268. The van der Waals surface area contributed by atoms with Gasteiger partial charge in [-0.1, -0.05) is 65.1 Å². The second-order valence-electron chi connectivity index (χ2n) is 7.49. The monoisotopic (exact) mass is 547 g/mol. The maximum Gasteiger partial charge on any atom is 0.293 e. The maximum atomic E-state index is 13.0. The molecule has 0 aliphatic carbocycles. The van der Waals surface area contributed by atoms with E-state index in [0.717, 1.165) is 22.2 Å². The van der Waals surface area contributed by atoms with Gasteiger partial charge in [-0.25, -0.2) is 0 Å². The average molecular weight is 549 g/mol. The van der Waals surface area contributed by atoms with E-state index in [4.69, 9.17) is 44.3 Å². The van der Waals surface area contributed by atoms with Crippen molar-refractivity contribution < 1.29 is 19.1 Å². The second-order valence-corrected chi connectivity index (χ2v) is 9.70. The zero-order valence-corrected chi connectivity index (χ0v) is 21.7. The lowest BCUT2D eigenvalue weighted by Crippen LogP contribution is -2.27. The first-order chi connectivity index (χ1) is 16.9. The highest BCUT2D eigenvalue weighted by Gasteiger charge is 2.35. The summed E-state index contributed by atoms with van der Waals surface area (Å²) in [4.78, 5) is 27.0. The lowest BCUT2D eigenvalue weighted by atomic mass is 10.1. The molecule has 0 spiro atoms. The van der Waals surface area contributed by atoms with Crippen molar-refractivity contribution in [1.29, 1.82) is 0 Å². The Morgan fingerprint density at radius 1 is 0.886 bits per heavy atom.